The third-order valence-electron chi connectivity index (χ3n) is 0.613. The van der Waals surface area contributed by atoms with Gasteiger partial charge in [0.2, 0.25) is 0 Å². The SMILES string of the molecule is CC([CH]O)C(=O)O. The van der Waals surface area contributed by atoms with Gasteiger partial charge in [-0.05, 0) is 6.92 Å². The highest BCUT2D eigenvalue weighted by molar-refractivity contribution is 5.70. The summed E-state index contributed by atoms with van der Waals surface area (Å²) in [5, 5.41) is 16.0. The van der Waals surface area contributed by atoms with Crippen molar-refractivity contribution in [2.45, 2.75) is 6.92 Å². The second kappa shape index (κ2) is 2.58. The number of hydrogen-bond donors (Lipinski definition) is 2. The molecule has 0 aromatic heterocycles. The maximum atomic E-state index is 9.74. The summed E-state index contributed by atoms with van der Waals surface area (Å²) in [6, 6.07) is 0. The van der Waals surface area contributed by atoms with E-state index in [2.05, 4.69) is 0 Å². The monoisotopic (exact) mass is 103 g/mol. The number of carboxylic acids is 1. The van der Waals surface area contributed by atoms with Gasteiger partial charge in [0.15, 0.2) is 0 Å². The average Bonchev–Trinajstić information content (AvgIpc) is 1.65. The highest BCUT2D eigenvalue weighted by Crippen LogP contribution is 1.93. The van der Waals surface area contributed by atoms with Gasteiger partial charge < -0.3 is 10.2 Å². The first kappa shape index (κ1) is 6.43. The first-order valence-electron chi connectivity index (χ1n) is 1.89. The van der Waals surface area contributed by atoms with Crippen LogP contribution in [0.4, 0.5) is 0 Å². The highest BCUT2D eigenvalue weighted by Gasteiger charge is 2.07. The van der Waals surface area contributed by atoms with Gasteiger partial charge in [0.1, 0.15) is 0 Å². The van der Waals surface area contributed by atoms with Crippen molar-refractivity contribution in [2.24, 2.45) is 5.92 Å². The molecule has 2 N–H and O–H groups in total. The quantitative estimate of drug-likeness (QED) is 0.526. The van der Waals surface area contributed by atoms with Crippen molar-refractivity contribution in [3.8, 4) is 0 Å². The van der Waals surface area contributed by atoms with Crippen LogP contribution >= 0.6 is 0 Å². The van der Waals surface area contributed by atoms with Crippen LogP contribution in [-0.2, 0) is 4.79 Å². The molecule has 41 valence electrons. The van der Waals surface area contributed by atoms with Crippen molar-refractivity contribution in [3.63, 3.8) is 0 Å². The Morgan fingerprint density at radius 2 is 2.29 bits per heavy atom. The summed E-state index contributed by atoms with van der Waals surface area (Å²) in [5.74, 6) is -1.76. The lowest BCUT2D eigenvalue weighted by Crippen LogP contribution is -2.08. The lowest BCUT2D eigenvalue weighted by molar-refractivity contribution is -0.140. The van der Waals surface area contributed by atoms with Crippen LogP contribution in [0.15, 0.2) is 0 Å². The van der Waals surface area contributed by atoms with Crippen LogP contribution in [0.5, 0.6) is 0 Å². The number of carboxylic acid groups (broad SMARTS) is 1. The molecule has 0 bridgehead atoms. The summed E-state index contributed by atoms with van der Waals surface area (Å²) in [6.45, 7) is 2.03. The molecule has 3 nitrogen and oxygen atoms in total. The Labute approximate surface area is 41.6 Å². The fourth-order valence-electron chi connectivity index (χ4n) is 0.0638. The number of aliphatic hydroxyl groups is 1. The molecular weight excluding hydrogens is 96.0 g/mol. The van der Waals surface area contributed by atoms with Gasteiger partial charge >= 0.3 is 5.97 Å². The van der Waals surface area contributed by atoms with E-state index in [1.54, 1.807) is 0 Å². The molecule has 0 saturated carbocycles. The molecule has 0 aliphatic carbocycles. The molecule has 3 heteroatoms. The maximum Gasteiger partial charge on any atom is 0.308 e. The van der Waals surface area contributed by atoms with E-state index in [4.69, 9.17) is 10.2 Å². The molecule has 0 aromatic carbocycles. The number of aliphatic hydroxyl groups excluding tert-OH is 1. The second-order valence-corrected chi connectivity index (χ2v) is 1.28. The van der Waals surface area contributed by atoms with Crippen molar-refractivity contribution < 1.29 is 15.0 Å². The second-order valence-electron chi connectivity index (χ2n) is 1.28. The van der Waals surface area contributed by atoms with E-state index >= 15 is 0 Å². The van der Waals surface area contributed by atoms with Crippen LogP contribution in [0.2, 0.25) is 0 Å². The van der Waals surface area contributed by atoms with E-state index < -0.39 is 11.9 Å². The predicted octanol–water partition coefficient (Wildman–Crippen LogP) is 0.241. The minimum absolute atomic E-state index is 0.641. The minimum atomic E-state index is -1.01. The van der Waals surface area contributed by atoms with Crippen LogP contribution < -0.4 is 0 Å². The zero-order valence-electron chi connectivity index (χ0n) is 3.96. The number of aliphatic carboxylic acids is 1. The van der Waals surface area contributed by atoms with Gasteiger partial charge in [-0.1, -0.05) is 0 Å². The zero-order chi connectivity index (χ0) is 5.86. The van der Waals surface area contributed by atoms with Crippen LogP contribution in [0.25, 0.3) is 0 Å². The maximum absolute atomic E-state index is 9.74. The fourth-order valence-corrected chi connectivity index (χ4v) is 0.0638. The summed E-state index contributed by atoms with van der Waals surface area (Å²) < 4.78 is 0. The Balaban J connectivity index is 3.34. The van der Waals surface area contributed by atoms with E-state index in [0.29, 0.717) is 6.61 Å². The summed E-state index contributed by atoms with van der Waals surface area (Å²) in [5.41, 5.74) is 0. The lowest BCUT2D eigenvalue weighted by Gasteiger charge is -1.94. The van der Waals surface area contributed by atoms with Crippen LogP contribution in [0, 0.1) is 12.5 Å². The highest BCUT2D eigenvalue weighted by atomic mass is 16.4. The Hall–Kier alpha value is -0.570. The topological polar surface area (TPSA) is 57.5 Å². The molecule has 0 aliphatic rings. The molecule has 0 fully saturated rings. The molecule has 0 spiro atoms. The van der Waals surface area contributed by atoms with Gasteiger partial charge in [-0.2, -0.15) is 0 Å². The van der Waals surface area contributed by atoms with E-state index in [-0.39, 0.29) is 0 Å². The van der Waals surface area contributed by atoms with Gasteiger partial charge in [-0.15, -0.1) is 0 Å². The molecule has 0 heterocycles. The predicted molar refractivity (Wildman–Crippen MR) is 23.0 cm³/mol. The molecule has 0 aromatic rings. The van der Waals surface area contributed by atoms with E-state index in [1.165, 1.54) is 6.92 Å². The van der Waals surface area contributed by atoms with Gasteiger partial charge in [-0.25, -0.2) is 0 Å². The van der Waals surface area contributed by atoms with E-state index in [1.807, 2.05) is 0 Å². The van der Waals surface area contributed by atoms with E-state index in [9.17, 15) is 4.79 Å². The minimum Gasteiger partial charge on any atom is -0.481 e. The molecular formula is C4H7O3. The number of hydrogen-bond acceptors (Lipinski definition) is 2. The lowest BCUT2D eigenvalue weighted by atomic mass is 10.2. The van der Waals surface area contributed by atoms with E-state index in [0.717, 1.165) is 0 Å². The third kappa shape index (κ3) is 2.17. The van der Waals surface area contributed by atoms with Crippen LogP contribution in [0.1, 0.15) is 6.92 Å². The number of rotatable bonds is 2. The third-order valence-corrected chi connectivity index (χ3v) is 0.613. The molecule has 0 rings (SSSR count). The van der Waals surface area contributed by atoms with Gasteiger partial charge in [-0.3, -0.25) is 4.79 Å². The molecule has 1 radical (unpaired) electrons. The fraction of sp³-hybridized carbons (Fsp3) is 0.500. The standard InChI is InChI=1S/C4H7O3/c1-3(2-5)4(6)7/h2-3,5H,1H3,(H,6,7). The summed E-state index contributed by atoms with van der Waals surface area (Å²) in [6.07, 6.45) is 0. The van der Waals surface area contributed by atoms with Gasteiger partial charge in [0.05, 0.1) is 12.5 Å². The molecule has 7 heavy (non-hydrogen) atoms. The first-order chi connectivity index (χ1) is 3.18. The largest absolute Gasteiger partial charge is 0.481 e. The first-order valence-corrected chi connectivity index (χ1v) is 1.89. The Morgan fingerprint density at radius 1 is 1.86 bits per heavy atom. The Bertz CT molecular complexity index is 69.3. The number of carbonyl (C=O) groups is 1. The Morgan fingerprint density at radius 3 is 2.29 bits per heavy atom. The van der Waals surface area contributed by atoms with Gasteiger partial charge in [0, 0.05) is 0 Å². The summed E-state index contributed by atoms with van der Waals surface area (Å²) >= 11 is 0. The van der Waals surface area contributed by atoms with Crippen molar-refractivity contribution in [1.82, 2.24) is 0 Å². The van der Waals surface area contributed by atoms with Crippen molar-refractivity contribution >= 4 is 5.97 Å². The zero-order valence-corrected chi connectivity index (χ0v) is 3.96. The van der Waals surface area contributed by atoms with Crippen molar-refractivity contribution in [1.29, 1.82) is 0 Å². The molecule has 1 unspecified atom stereocenters. The Kier molecular flexibility index (Phi) is 2.37. The smallest absolute Gasteiger partial charge is 0.308 e. The van der Waals surface area contributed by atoms with Crippen LogP contribution in [0.3, 0.4) is 0 Å². The molecule has 1 atom stereocenters. The molecule has 0 saturated heterocycles. The van der Waals surface area contributed by atoms with Crippen molar-refractivity contribution in [3.05, 3.63) is 6.61 Å². The van der Waals surface area contributed by atoms with Gasteiger partial charge in [0.25, 0.3) is 0 Å². The summed E-state index contributed by atoms with van der Waals surface area (Å²) in [7, 11) is 0. The average molecular weight is 103 g/mol. The normalized spacial score (nSPS) is 13.4. The molecule has 0 amide bonds. The summed E-state index contributed by atoms with van der Waals surface area (Å²) in [4.78, 5) is 9.74. The molecule has 0 aliphatic heterocycles. The van der Waals surface area contributed by atoms with Crippen LogP contribution in [-0.4, -0.2) is 16.2 Å². The van der Waals surface area contributed by atoms with Crippen molar-refractivity contribution in [2.75, 3.05) is 0 Å².